The van der Waals surface area contributed by atoms with Crippen LogP contribution in [-0.2, 0) is 0 Å². The molecule has 1 aromatic carbocycles. The van der Waals surface area contributed by atoms with Gasteiger partial charge in [-0.3, -0.25) is 0 Å². The molecule has 0 aliphatic heterocycles. The first-order chi connectivity index (χ1) is 7.74. The average Bonchev–Trinajstić information content (AvgIpc) is 3.01. The molecule has 1 aliphatic rings. The molecule has 1 aliphatic carbocycles. The molecule has 16 heavy (non-hydrogen) atoms. The van der Waals surface area contributed by atoms with Gasteiger partial charge in [0.15, 0.2) is 5.82 Å². The van der Waals surface area contributed by atoms with Crippen LogP contribution in [0, 0.1) is 0 Å². The summed E-state index contributed by atoms with van der Waals surface area (Å²) in [7, 11) is 0. The molecule has 3 rings (SSSR count). The summed E-state index contributed by atoms with van der Waals surface area (Å²) in [6.45, 7) is 0. The maximum Gasteiger partial charge on any atom is 0.259 e. The highest BCUT2D eigenvalue weighted by Gasteiger charge is 2.29. The molecule has 1 heterocycles. The summed E-state index contributed by atoms with van der Waals surface area (Å²) in [6.07, 6.45) is 2.24. The number of rotatable bonds is 2. The Morgan fingerprint density at radius 3 is 2.94 bits per heavy atom. The highest BCUT2D eigenvalue weighted by atomic mass is 35.5. The number of phenolic OH excluding ortho intramolecular Hbond substituents is 1. The summed E-state index contributed by atoms with van der Waals surface area (Å²) in [6, 6.07) is 4.64. The lowest BCUT2D eigenvalue weighted by atomic mass is 10.2. The Labute approximate surface area is 96.9 Å². The summed E-state index contributed by atoms with van der Waals surface area (Å²) in [5, 5.41) is 13.8. The fourth-order valence-corrected chi connectivity index (χ4v) is 1.73. The van der Waals surface area contributed by atoms with Crippen molar-refractivity contribution < 1.29 is 9.63 Å². The van der Waals surface area contributed by atoms with Gasteiger partial charge in [-0.15, -0.1) is 0 Å². The molecule has 5 heteroatoms. The SMILES string of the molecule is Oc1ccc(Cl)c(-c2nc(C3CC3)no2)c1. The van der Waals surface area contributed by atoms with E-state index in [1.807, 2.05) is 0 Å². The van der Waals surface area contributed by atoms with Crippen molar-refractivity contribution in [2.75, 3.05) is 0 Å². The van der Waals surface area contributed by atoms with Crippen LogP contribution in [0.2, 0.25) is 5.02 Å². The number of aromatic hydroxyl groups is 1. The van der Waals surface area contributed by atoms with Gasteiger partial charge in [0.1, 0.15) is 5.75 Å². The molecule has 0 bridgehead atoms. The molecule has 1 aromatic heterocycles. The molecular formula is C11H9ClN2O2. The number of hydrogen-bond acceptors (Lipinski definition) is 4. The van der Waals surface area contributed by atoms with Gasteiger partial charge in [0.2, 0.25) is 0 Å². The summed E-state index contributed by atoms with van der Waals surface area (Å²) < 4.78 is 5.13. The van der Waals surface area contributed by atoms with E-state index in [1.54, 1.807) is 6.07 Å². The van der Waals surface area contributed by atoms with Gasteiger partial charge in [0.25, 0.3) is 5.89 Å². The summed E-state index contributed by atoms with van der Waals surface area (Å²) in [5.74, 6) is 1.66. The van der Waals surface area contributed by atoms with E-state index in [0.29, 0.717) is 22.4 Å². The van der Waals surface area contributed by atoms with Crippen molar-refractivity contribution in [2.45, 2.75) is 18.8 Å². The zero-order chi connectivity index (χ0) is 11.1. The van der Waals surface area contributed by atoms with Crippen LogP contribution < -0.4 is 0 Å². The van der Waals surface area contributed by atoms with E-state index in [9.17, 15) is 5.11 Å². The van der Waals surface area contributed by atoms with Crippen LogP contribution in [0.25, 0.3) is 11.5 Å². The van der Waals surface area contributed by atoms with Gasteiger partial charge in [0.05, 0.1) is 10.6 Å². The number of aromatic nitrogens is 2. The van der Waals surface area contributed by atoms with E-state index >= 15 is 0 Å². The van der Waals surface area contributed by atoms with Crippen molar-refractivity contribution in [3.63, 3.8) is 0 Å². The Morgan fingerprint density at radius 2 is 2.19 bits per heavy atom. The third-order valence-electron chi connectivity index (χ3n) is 2.56. The molecule has 2 aromatic rings. The minimum absolute atomic E-state index is 0.130. The Morgan fingerprint density at radius 1 is 1.38 bits per heavy atom. The Balaban J connectivity index is 2.03. The Bertz CT molecular complexity index is 535. The Kier molecular flexibility index (Phi) is 2.11. The van der Waals surface area contributed by atoms with E-state index in [0.717, 1.165) is 18.7 Å². The third-order valence-corrected chi connectivity index (χ3v) is 2.89. The Hall–Kier alpha value is -1.55. The molecule has 4 nitrogen and oxygen atoms in total. The second-order valence-corrected chi connectivity index (χ2v) is 4.30. The summed E-state index contributed by atoms with van der Waals surface area (Å²) in [5.41, 5.74) is 0.570. The lowest BCUT2D eigenvalue weighted by molar-refractivity contribution is 0.422. The van der Waals surface area contributed by atoms with Crippen LogP contribution in [0.1, 0.15) is 24.6 Å². The number of phenols is 1. The predicted molar refractivity (Wildman–Crippen MR) is 58.4 cm³/mol. The standard InChI is InChI=1S/C11H9ClN2O2/c12-9-4-3-7(15)5-8(9)11-13-10(14-16-11)6-1-2-6/h3-6,15H,1-2H2. The lowest BCUT2D eigenvalue weighted by Crippen LogP contribution is -1.83. The second-order valence-electron chi connectivity index (χ2n) is 3.90. The number of nitrogens with zero attached hydrogens (tertiary/aromatic N) is 2. The maximum atomic E-state index is 9.38. The van der Waals surface area contributed by atoms with Crippen molar-refractivity contribution in [2.24, 2.45) is 0 Å². The zero-order valence-electron chi connectivity index (χ0n) is 8.35. The fraction of sp³-hybridized carbons (Fsp3) is 0.273. The van der Waals surface area contributed by atoms with Crippen LogP contribution in [0.15, 0.2) is 22.7 Å². The summed E-state index contributed by atoms with van der Waals surface area (Å²) in [4.78, 5) is 4.27. The van der Waals surface area contributed by atoms with Crippen molar-refractivity contribution in [3.05, 3.63) is 29.0 Å². The highest BCUT2D eigenvalue weighted by Crippen LogP contribution is 2.39. The average molecular weight is 237 g/mol. The lowest BCUT2D eigenvalue weighted by Gasteiger charge is -1.98. The maximum absolute atomic E-state index is 9.38. The quantitative estimate of drug-likeness (QED) is 0.871. The molecule has 0 spiro atoms. The highest BCUT2D eigenvalue weighted by molar-refractivity contribution is 6.33. The van der Waals surface area contributed by atoms with E-state index in [1.165, 1.54) is 12.1 Å². The normalized spacial score (nSPS) is 15.3. The van der Waals surface area contributed by atoms with Crippen molar-refractivity contribution >= 4 is 11.6 Å². The van der Waals surface area contributed by atoms with E-state index in [4.69, 9.17) is 16.1 Å². The molecule has 0 atom stereocenters. The number of halogens is 1. The first-order valence-corrected chi connectivity index (χ1v) is 5.44. The molecule has 82 valence electrons. The first kappa shape index (κ1) is 9.66. The zero-order valence-corrected chi connectivity index (χ0v) is 9.11. The number of benzene rings is 1. The van der Waals surface area contributed by atoms with Gasteiger partial charge in [0, 0.05) is 5.92 Å². The molecule has 1 fully saturated rings. The van der Waals surface area contributed by atoms with E-state index < -0.39 is 0 Å². The molecule has 0 amide bonds. The van der Waals surface area contributed by atoms with Gasteiger partial charge in [-0.05, 0) is 31.0 Å². The molecule has 0 radical (unpaired) electrons. The smallest absolute Gasteiger partial charge is 0.259 e. The minimum atomic E-state index is 0.130. The predicted octanol–water partition coefficient (Wildman–Crippen LogP) is 2.97. The fourth-order valence-electron chi connectivity index (χ4n) is 1.53. The van der Waals surface area contributed by atoms with Crippen molar-refractivity contribution in [1.29, 1.82) is 0 Å². The van der Waals surface area contributed by atoms with Crippen molar-refractivity contribution in [1.82, 2.24) is 10.1 Å². The monoisotopic (exact) mass is 236 g/mol. The molecule has 0 saturated heterocycles. The third kappa shape index (κ3) is 1.65. The van der Waals surface area contributed by atoms with Crippen LogP contribution in [0.3, 0.4) is 0 Å². The molecule has 0 unspecified atom stereocenters. The molecule has 1 saturated carbocycles. The van der Waals surface area contributed by atoms with E-state index in [2.05, 4.69) is 10.1 Å². The van der Waals surface area contributed by atoms with Gasteiger partial charge in [-0.25, -0.2) is 0 Å². The van der Waals surface area contributed by atoms with Crippen molar-refractivity contribution in [3.8, 4) is 17.2 Å². The molecular weight excluding hydrogens is 228 g/mol. The van der Waals surface area contributed by atoms with Gasteiger partial charge in [-0.1, -0.05) is 16.8 Å². The number of hydrogen-bond donors (Lipinski definition) is 1. The topological polar surface area (TPSA) is 59.2 Å². The van der Waals surface area contributed by atoms with Crippen LogP contribution in [-0.4, -0.2) is 15.2 Å². The largest absolute Gasteiger partial charge is 0.508 e. The second kappa shape index (κ2) is 3.49. The minimum Gasteiger partial charge on any atom is -0.508 e. The van der Waals surface area contributed by atoms with E-state index in [-0.39, 0.29) is 5.75 Å². The van der Waals surface area contributed by atoms with Crippen LogP contribution >= 0.6 is 11.6 Å². The first-order valence-electron chi connectivity index (χ1n) is 5.06. The van der Waals surface area contributed by atoms with Gasteiger partial charge >= 0.3 is 0 Å². The summed E-state index contributed by atoms with van der Waals surface area (Å²) >= 11 is 6.00. The van der Waals surface area contributed by atoms with Gasteiger partial charge in [-0.2, -0.15) is 4.98 Å². The molecule has 1 N–H and O–H groups in total. The van der Waals surface area contributed by atoms with Gasteiger partial charge < -0.3 is 9.63 Å². The van der Waals surface area contributed by atoms with Crippen LogP contribution in [0.4, 0.5) is 0 Å². The van der Waals surface area contributed by atoms with Crippen LogP contribution in [0.5, 0.6) is 5.75 Å².